The van der Waals surface area contributed by atoms with Crippen molar-refractivity contribution in [3.63, 3.8) is 0 Å². The number of rotatable bonds is 5. The number of aromatic nitrogens is 1. The highest BCUT2D eigenvalue weighted by Crippen LogP contribution is 2.27. The molecule has 0 aliphatic carbocycles. The van der Waals surface area contributed by atoms with Crippen LogP contribution in [0.5, 0.6) is 0 Å². The van der Waals surface area contributed by atoms with Gasteiger partial charge >= 0.3 is 0 Å². The lowest BCUT2D eigenvalue weighted by Gasteiger charge is -2.23. The van der Waals surface area contributed by atoms with E-state index in [0.29, 0.717) is 11.6 Å². The summed E-state index contributed by atoms with van der Waals surface area (Å²) in [6.07, 6.45) is 2.11. The maximum atomic E-state index is 11.1. The molecule has 1 atom stereocenters. The second kappa shape index (κ2) is 4.81. The maximum absolute atomic E-state index is 11.1. The number of thiazole rings is 1. The van der Waals surface area contributed by atoms with Crippen molar-refractivity contribution in [2.45, 2.75) is 31.4 Å². The van der Waals surface area contributed by atoms with Crippen LogP contribution in [-0.2, 0) is 21.0 Å². The molecule has 6 heteroatoms. The average Bonchev–Trinajstić information content (AvgIpc) is 2.63. The fourth-order valence-electron chi connectivity index (χ4n) is 1.31. The molecule has 0 aliphatic heterocycles. The normalized spacial score (nSPS) is 16.0. The fraction of sp³-hybridized carbons (Fsp3) is 0.700. The van der Waals surface area contributed by atoms with Gasteiger partial charge < -0.3 is 5.73 Å². The SMILES string of the molecule is CCC(C)(CN)c1csc(CS(C)(=O)=O)n1. The Balaban J connectivity index is 2.95. The van der Waals surface area contributed by atoms with Gasteiger partial charge in [-0.3, -0.25) is 0 Å². The first-order valence-corrected chi connectivity index (χ1v) is 8.07. The van der Waals surface area contributed by atoms with Crippen LogP contribution in [0.3, 0.4) is 0 Å². The Labute approximate surface area is 101 Å². The van der Waals surface area contributed by atoms with Crippen LogP contribution >= 0.6 is 11.3 Å². The van der Waals surface area contributed by atoms with Gasteiger partial charge in [0.1, 0.15) is 10.8 Å². The van der Waals surface area contributed by atoms with E-state index >= 15 is 0 Å². The summed E-state index contributed by atoms with van der Waals surface area (Å²) in [6, 6.07) is 0. The Kier molecular flexibility index (Phi) is 4.09. The largest absolute Gasteiger partial charge is 0.330 e. The Morgan fingerprint density at radius 2 is 2.19 bits per heavy atom. The number of nitrogens with two attached hydrogens (primary N) is 1. The van der Waals surface area contributed by atoms with Crippen LogP contribution in [0.2, 0.25) is 0 Å². The summed E-state index contributed by atoms with van der Waals surface area (Å²) in [4.78, 5) is 4.37. The zero-order valence-electron chi connectivity index (χ0n) is 9.86. The predicted molar refractivity (Wildman–Crippen MR) is 67.4 cm³/mol. The van der Waals surface area contributed by atoms with Crippen molar-refractivity contribution in [2.75, 3.05) is 12.8 Å². The number of hydrogen-bond acceptors (Lipinski definition) is 5. The summed E-state index contributed by atoms with van der Waals surface area (Å²) in [5.41, 5.74) is 6.49. The molecule has 0 aromatic carbocycles. The minimum atomic E-state index is -3.01. The molecule has 4 nitrogen and oxygen atoms in total. The van der Waals surface area contributed by atoms with E-state index in [1.165, 1.54) is 17.6 Å². The third-order valence-corrected chi connectivity index (χ3v) is 4.62. The van der Waals surface area contributed by atoms with E-state index < -0.39 is 9.84 Å². The van der Waals surface area contributed by atoms with Gasteiger partial charge in [-0.1, -0.05) is 13.8 Å². The molecule has 0 radical (unpaired) electrons. The first-order valence-electron chi connectivity index (χ1n) is 5.13. The van der Waals surface area contributed by atoms with Gasteiger partial charge in [0.05, 0.1) is 5.69 Å². The molecular formula is C10H18N2O2S2. The van der Waals surface area contributed by atoms with Gasteiger partial charge in [-0.25, -0.2) is 13.4 Å². The van der Waals surface area contributed by atoms with Crippen molar-refractivity contribution < 1.29 is 8.42 Å². The van der Waals surface area contributed by atoms with Crippen molar-refractivity contribution in [2.24, 2.45) is 5.73 Å². The molecule has 0 fully saturated rings. The summed E-state index contributed by atoms with van der Waals surface area (Å²) < 4.78 is 22.3. The van der Waals surface area contributed by atoms with Gasteiger partial charge in [0, 0.05) is 23.6 Å². The summed E-state index contributed by atoms with van der Waals surface area (Å²) >= 11 is 1.39. The molecule has 0 aliphatic rings. The van der Waals surface area contributed by atoms with Crippen LogP contribution in [0, 0.1) is 0 Å². The second-order valence-electron chi connectivity index (χ2n) is 4.31. The standard InChI is InChI=1S/C10H18N2O2S2/c1-4-10(2,7-11)8-5-15-9(12-8)6-16(3,13)14/h5H,4,6-7,11H2,1-3H3. The molecule has 1 aromatic heterocycles. The molecule has 2 N–H and O–H groups in total. The van der Waals surface area contributed by atoms with Crippen molar-refractivity contribution in [3.8, 4) is 0 Å². The Morgan fingerprint density at radius 1 is 1.56 bits per heavy atom. The van der Waals surface area contributed by atoms with Crippen LogP contribution in [0.15, 0.2) is 5.38 Å². The van der Waals surface area contributed by atoms with Gasteiger partial charge in [0.2, 0.25) is 0 Å². The van der Waals surface area contributed by atoms with Crippen molar-refractivity contribution >= 4 is 21.2 Å². The highest BCUT2D eigenvalue weighted by atomic mass is 32.2. The molecule has 0 saturated carbocycles. The van der Waals surface area contributed by atoms with Crippen molar-refractivity contribution in [1.29, 1.82) is 0 Å². The summed E-state index contributed by atoms with van der Waals surface area (Å²) in [6.45, 7) is 4.63. The minimum Gasteiger partial charge on any atom is -0.330 e. The van der Waals surface area contributed by atoms with E-state index in [2.05, 4.69) is 11.9 Å². The van der Waals surface area contributed by atoms with Crippen molar-refractivity contribution in [1.82, 2.24) is 4.98 Å². The average molecular weight is 262 g/mol. The second-order valence-corrected chi connectivity index (χ2v) is 7.40. The number of nitrogens with zero attached hydrogens (tertiary/aromatic N) is 1. The van der Waals surface area contributed by atoms with Gasteiger partial charge in [-0.2, -0.15) is 0 Å². The lowest BCUT2D eigenvalue weighted by Crippen LogP contribution is -2.31. The Bertz CT molecular complexity index is 447. The highest BCUT2D eigenvalue weighted by Gasteiger charge is 2.26. The Morgan fingerprint density at radius 3 is 2.62 bits per heavy atom. The van der Waals surface area contributed by atoms with Crippen LogP contribution in [0.4, 0.5) is 0 Å². The molecule has 1 rings (SSSR count). The number of sulfone groups is 1. The van der Waals surface area contributed by atoms with Gasteiger partial charge in [0.15, 0.2) is 9.84 Å². The van der Waals surface area contributed by atoms with E-state index in [1.807, 2.05) is 12.3 Å². The molecule has 16 heavy (non-hydrogen) atoms. The molecule has 1 unspecified atom stereocenters. The van der Waals surface area contributed by atoms with E-state index in [0.717, 1.165) is 12.1 Å². The first kappa shape index (κ1) is 13.6. The van der Waals surface area contributed by atoms with Crippen LogP contribution in [0.1, 0.15) is 31.0 Å². The van der Waals surface area contributed by atoms with E-state index in [-0.39, 0.29) is 11.2 Å². The van der Waals surface area contributed by atoms with E-state index in [9.17, 15) is 8.42 Å². The topological polar surface area (TPSA) is 73.1 Å². The van der Waals surface area contributed by atoms with Gasteiger partial charge in [-0.15, -0.1) is 11.3 Å². The van der Waals surface area contributed by atoms with Gasteiger partial charge in [-0.05, 0) is 6.42 Å². The highest BCUT2D eigenvalue weighted by molar-refractivity contribution is 7.90. The zero-order valence-corrected chi connectivity index (χ0v) is 11.5. The van der Waals surface area contributed by atoms with Crippen LogP contribution in [0.25, 0.3) is 0 Å². The molecular weight excluding hydrogens is 244 g/mol. The van der Waals surface area contributed by atoms with E-state index in [4.69, 9.17) is 5.73 Å². The number of hydrogen-bond donors (Lipinski definition) is 1. The zero-order chi connectivity index (χ0) is 12.4. The third-order valence-electron chi connectivity index (χ3n) is 2.79. The predicted octanol–water partition coefficient (Wildman–Crippen LogP) is 1.31. The minimum absolute atomic E-state index is 0.0159. The maximum Gasteiger partial charge on any atom is 0.153 e. The van der Waals surface area contributed by atoms with Crippen LogP contribution in [-0.4, -0.2) is 26.2 Å². The molecule has 0 bridgehead atoms. The molecule has 0 spiro atoms. The van der Waals surface area contributed by atoms with Crippen molar-refractivity contribution in [3.05, 3.63) is 16.1 Å². The molecule has 0 saturated heterocycles. The molecule has 92 valence electrons. The lowest BCUT2D eigenvalue weighted by molar-refractivity contribution is 0.455. The fourth-order valence-corrected chi connectivity index (χ4v) is 3.47. The molecule has 0 amide bonds. The Hall–Kier alpha value is -0.460. The summed E-state index contributed by atoms with van der Waals surface area (Å²) in [7, 11) is -3.01. The van der Waals surface area contributed by atoms with Crippen LogP contribution < -0.4 is 5.73 Å². The van der Waals surface area contributed by atoms with E-state index in [1.54, 1.807) is 0 Å². The first-order chi connectivity index (χ1) is 7.30. The summed E-state index contributed by atoms with van der Waals surface area (Å²) in [5, 5.41) is 2.56. The third kappa shape index (κ3) is 3.26. The monoisotopic (exact) mass is 262 g/mol. The molecule has 1 aromatic rings. The van der Waals surface area contributed by atoms with Gasteiger partial charge in [0.25, 0.3) is 0 Å². The lowest BCUT2D eigenvalue weighted by atomic mass is 9.85. The summed E-state index contributed by atoms with van der Waals surface area (Å²) in [5.74, 6) is 0.0159. The smallest absolute Gasteiger partial charge is 0.153 e. The molecule has 1 heterocycles. The quantitative estimate of drug-likeness (QED) is 0.868.